The van der Waals surface area contributed by atoms with Gasteiger partial charge in [-0.2, -0.15) is 0 Å². The molecule has 0 saturated carbocycles. The van der Waals surface area contributed by atoms with Crippen LogP contribution in [0, 0.1) is 5.41 Å². The van der Waals surface area contributed by atoms with E-state index in [0.29, 0.717) is 25.1 Å². The van der Waals surface area contributed by atoms with Crippen LogP contribution in [0.3, 0.4) is 0 Å². The van der Waals surface area contributed by atoms with Crippen LogP contribution in [0.1, 0.15) is 32.5 Å². The third-order valence-electron chi connectivity index (χ3n) is 2.92. The molecule has 1 aromatic heterocycles. The number of aliphatic carboxylic acids is 1. The molecule has 0 atom stereocenters. The Hall–Kier alpha value is -1.45. The second kappa shape index (κ2) is 4.87. The van der Waals surface area contributed by atoms with Crippen molar-refractivity contribution in [1.29, 1.82) is 0 Å². The summed E-state index contributed by atoms with van der Waals surface area (Å²) >= 11 is 0. The molecule has 1 N–H and O–H groups in total. The van der Waals surface area contributed by atoms with E-state index < -0.39 is 11.4 Å². The number of carboxylic acid groups (broad SMARTS) is 1. The molecule has 0 fully saturated rings. The molecule has 1 heterocycles. The molecule has 15 heavy (non-hydrogen) atoms. The second-order valence-corrected chi connectivity index (χ2v) is 3.63. The summed E-state index contributed by atoms with van der Waals surface area (Å²) in [6, 6.07) is 1.73. The van der Waals surface area contributed by atoms with E-state index in [1.54, 1.807) is 18.5 Å². The Balaban J connectivity index is 2.89. The van der Waals surface area contributed by atoms with Crippen molar-refractivity contribution < 1.29 is 9.90 Å². The van der Waals surface area contributed by atoms with Crippen LogP contribution in [0.15, 0.2) is 18.5 Å². The van der Waals surface area contributed by atoms with E-state index in [0.717, 1.165) is 0 Å². The third kappa shape index (κ3) is 2.52. The van der Waals surface area contributed by atoms with Gasteiger partial charge in [-0.25, -0.2) is 9.97 Å². The lowest BCUT2D eigenvalue weighted by molar-refractivity contribution is -0.149. The predicted octanol–water partition coefficient (Wildman–Crippen LogP) is 1.91. The van der Waals surface area contributed by atoms with Crippen LogP contribution in [0.4, 0.5) is 0 Å². The SMILES string of the molecule is CCC(CC)(Cc1ncccn1)C(=O)O. The molecular weight excluding hydrogens is 192 g/mol. The first-order chi connectivity index (χ1) is 7.14. The zero-order valence-electron chi connectivity index (χ0n) is 9.10. The van der Waals surface area contributed by atoms with E-state index in [1.807, 2.05) is 13.8 Å². The minimum atomic E-state index is -0.764. The predicted molar refractivity (Wildman–Crippen MR) is 56.4 cm³/mol. The van der Waals surface area contributed by atoms with E-state index in [9.17, 15) is 9.90 Å². The fraction of sp³-hybridized carbons (Fsp3) is 0.545. The van der Waals surface area contributed by atoms with Gasteiger partial charge in [0.2, 0.25) is 0 Å². The van der Waals surface area contributed by atoms with E-state index in [-0.39, 0.29) is 0 Å². The molecule has 82 valence electrons. The van der Waals surface area contributed by atoms with Crippen molar-refractivity contribution in [2.24, 2.45) is 5.41 Å². The average molecular weight is 208 g/mol. The number of aromatic nitrogens is 2. The maximum absolute atomic E-state index is 11.2. The lowest BCUT2D eigenvalue weighted by Crippen LogP contribution is -2.32. The van der Waals surface area contributed by atoms with Crippen molar-refractivity contribution in [2.75, 3.05) is 0 Å². The number of rotatable bonds is 5. The summed E-state index contributed by atoms with van der Waals surface area (Å²) in [4.78, 5) is 19.4. The molecule has 0 amide bonds. The zero-order chi connectivity index (χ0) is 11.3. The van der Waals surface area contributed by atoms with Crippen LogP contribution in [0.25, 0.3) is 0 Å². The standard InChI is InChI=1S/C11H16N2O2/c1-3-11(4-2,10(14)15)8-9-12-6-5-7-13-9/h5-7H,3-4,8H2,1-2H3,(H,14,15). The minimum absolute atomic E-state index is 0.399. The summed E-state index contributed by atoms with van der Waals surface area (Å²) in [5.74, 6) is -0.163. The van der Waals surface area contributed by atoms with E-state index in [2.05, 4.69) is 9.97 Å². The summed E-state index contributed by atoms with van der Waals surface area (Å²) in [6.45, 7) is 3.78. The molecule has 0 aliphatic carbocycles. The van der Waals surface area contributed by atoms with Gasteiger partial charge >= 0.3 is 5.97 Å². The topological polar surface area (TPSA) is 63.1 Å². The molecule has 0 aromatic carbocycles. The van der Waals surface area contributed by atoms with Crippen molar-refractivity contribution in [3.05, 3.63) is 24.3 Å². The quantitative estimate of drug-likeness (QED) is 0.802. The molecule has 0 radical (unpaired) electrons. The van der Waals surface area contributed by atoms with E-state index >= 15 is 0 Å². The van der Waals surface area contributed by atoms with Crippen molar-refractivity contribution in [3.8, 4) is 0 Å². The summed E-state index contributed by atoms with van der Waals surface area (Å²) < 4.78 is 0. The molecule has 4 nitrogen and oxygen atoms in total. The van der Waals surface area contributed by atoms with Crippen molar-refractivity contribution >= 4 is 5.97 Å². The maximum atomic E-state index is 11.2. The summed E-state index contributed by atoms with van der Waals surface area (Å²) in [6.07, 6.45) is 4.87. The molecule has 0 spiro atoms. The molecule has 0 aliphatic heterocycles. The summed E-state index contributed by atoms with van der Waals surface area (Å²) in [5.41, 5.74) is -0.721. The highest BCUT2D eigenvalue weighted by atomic mass is 16.4. The van der Waals surface area contributed by atoms with Crippen molar-refractivity contribution in [3.63, 3.8) is 0 Å². The average Bonchev–Trinajstić information content (AvgIpc) is 2.27. The van der Waals surface area contributed by atoms with Gasteiger partial charge in [0.25, 0.3) is 0 Å². The van der Waals surface area contributed by atoms with Gasteiger partial charge in [0.15, 0.2) is 0 Å². The van der Waals surface area contributed by atoms with Crippen LogP contribution in [-0.2, 0) is 11.2 Å². The largest absolute Gasteiger partial charge is 0.481 e. The van der Waals surface area contributed by atoms with Gasteiger partial charge in [-0.1, -0.05) is 13.8 Å². The lowest BCUT2D eigenvalue weighted by Gasteiger charge is -2.25. The number of carbonyl (C=O) groups is 1. The molecule has 0 unspecified atom stereocenters. The number of hydrogen-bond donors (Lipinski definition) is 1. The smallest absolute Gasteiger partial charge is 0.310 e. The zero-order valence-corrected chi connectivity index (χ0v) is 9.10. The Morgan fingerprint density at radius 1 is 1.33 bits per heavy atom. The van der Waals surface area contributed by atoms with E-state index in [4.69, 9.17) is 0 Å². The molecule has 0 aliphatic rings. The van der Waals surface area contributed by atoms with Crippen LogP contribution in [0.2, 0.25) is 0 Å². The Kier molecular flexibility index (Phi) is 3.77. The molecule has 0 saturated heterocycles. The Morgan fingerprint density at radius 2 is 1.87 bits per heavy atom. The molecule has 1 rings (SSSR count). The monoisotopic (exact) mass is 208 g/mol. The first kappa shape index (κ1) is 11.6. The highest BCUT2D eigenvalue weighted by Gasteiger charge is 2.35. The first-order valence-corrected chi connectivity index (χ1v) is 5.14. The Bertz CT molecular complexity index is 321. The molecular formula is C11H16N2O2. The second-order valence-electron chi connectivity index (χ2n) is 3.63. The van der Waals surface area contributed by atoms with Crippen LogP contribution in [0.5, 0.6) is 0 Å². The first-order valence-electron chi connectivity index (χ1n) is 5.14. The summed E-state index contributed by atoms with van der Waals surface area (Å²) in [5, 5.41) is 9.23. The molecule has 4 heteroatoms. The van der Waals surface area contributed by atoms with Gasteiger partial charge in [-0.15, -0.1) is 0 Å². The van der Waals surface area contributed by atoms with Gasteiger partial charge in [-0.3, -0.25) is 4.79 Å². The third-order valence-corrected chi connectivity index (χ3v) is 2.92. The number of nitrogens with zero attached hydrogens (tertiary/aromatic N) is 2. The van der Waals surface area contributed by atoms with Gasteiger partial charge in [-0.05, 0) is 18.9 Å². The molecule has 0 bridgehead atoms. The van der Waals surface area contributed by atoms with Crippen LogP contribution >= 0.6 is 0 Å². The van der Waals surface area contributed by atoms with Crippen molar-refractivity contribution in [2.45, 2.75) is 33.1 Å². The van der Waals surface area contributed by atoms with Gasteiger partial charge in [0.1, 0.15) is 5.82 Å². The molecule has 1 aromatic rings. The van der Waals surface area contributed by atoms with Crippen molar-refractivity contribution in [1.82, 2.24) is 9.97 Å². The van der Waals surface area contributed by atoms with E-state index in [1.165, 1.54) is 0 Å². The van der Waals surface area contributed by atoms with Crippen LogP contribution in [-0.4, -0.2) is 21.0 Å². The highest BCUT2D eigenvalue weighted by molar-refractivity contribution is 5.74. The fourth-order valence-electron chi connectivity index (χ4n) is 1.60. The normalized spacial score (nSPS) is 11.3. The highest BCUT2D eigenvalue weighted by Crippen LogP contribution is 2.30. The maximum Gasteiger partial charge on any atom is 0.310 e. The minimum Gasteiger partial charge on any atom is -0.481 e. The fourth-order valence-corrected chi connectivity index (χ4v) is 1.60. The summed E-state index contributed by atoms with van der Waals surface area (Å²) in [7, 11) is 0. The lowest BCUT2D eigenvalue weighted by atomic mass is 9.79. The van der Waals surface area contributed by atoms with Gasteiger partial charge in [0.05, 0.1) is 5.41 Å². The number of hydrogen-bond acceptors (Lipinski definition) is 3. The van der Waals surface area contributed by atoms with Gasteiger partial charge in [0, 0.05) is 18.8 Å². The van der Waals surface area contributed by atoms with Crippen LogP contribution < -0.4 is 0 Å². The number of carboxylic acids is 1. The Labute approximate surface area is 89.4 Å². The Morgan fingerprint density at radius 3 is 2.27 bits per heavy atom. The van der Waals surface area contributed by atoms with Gasteiger partial charge < -0.3 is 5.11 Å².